The molecule has 0 spiro atoms. The van der Waals surface area contributed by atoms with E-state index in [9.17, 15) is 0 Å². The van der Waals surface area contributed by atoms with Crippen molar-refractivity contribution in [2.24, 2.45) is 11.8 Å². The molecule has 0 radical (unpaired) electrons. The summed E-state index contributed by atoms with van der Waals surface area (Å²) in [4.78, 5) is 9.62. The van der Waals surface area contributed by atoms with Crippen LogP contribution < -0.4 is 0 Å². The Morgan fingerprint density at radius 3 is 2.63 bits per heavy atom. The standard InChI is InChI=1S/C25H36N2/c1-4-6-7-8-9-20-10-13-22(14-11-20)25-26-18-23-17-21(16-19(3)5-2)12-15-24(23)27-25/h10-11,13-14,18-19,21H,4-9,12,15-17H2,1-3H3. The minimum atomic E-state index is 0.814. The lowest BCUT2D eigenvalue weighted by Gasteiger charge is -2.26. The van der Waals surface area contributed by atoms with Gasteiger partial charge in [-0.2, -0.15) is 0 Å². The minimum Gasteiger partial charge on any atom is -0.236 e. The van der Waals surface area contributed by atoms with Crippen molar-refractivity contribution in [2.75, 3.05) is 0 Å². The fourth-order valence-electron chi connectivity index (χ4n) is 4.24. The molecule has 2 unspecified atom stereocenters. The molecule has 0 saturated heterocycles. The maximum Gasteiger partial charge on any atom is 0.159 e. The Labute approximate surface area is 165 Å². The SMILES string of the molecule is CCCCCCc1ccc(-c2ncc3c(n2)CCC(CC(C)CC)C3)cc1. The second-order valence-electron chi connectivity index (χ2n) is 8.53. The largest absolute Gasteiger partial charge is 0.236 e. The van der Waals surface area contributed by atoms with Crippen LogP contribution in [-0.2, 0) is 19.3 Å². The van der Waals surface area contributed by atoms with Crippen molar-refractivity contribution >= 4 is 0 Å². The lowest BCUT2D eigenvalue weighted by atomic mass is 9.81. The number of unbranched alkanes of at least 4 members (excludes halogenated alkanes) is 3. The van der Waals surface area contributed by atoms with Gasteiger partial charge in [0.1, 0.15) is 0 Å². The van der Waals surface area contributed by atoms with Crippen LogP contribution in [0, 0.1) is 11.8 Å². The Morgan fingerprint density at radius 1 is 1.07 bits per heavy atom. The molecule has 3 rings (SSSR count). The van der Waals surface area contributed by atoms with Gasteiger partial charge in [-0.25, -0.2) is 9.97 Å². The summed E-state index contributed by atoms with van der Waals surface area (Å²) >= 11 is 0. The number of hydrogen-bond acceptors (Lipinski definition) is 2. The highest BCUT2D eigenvalue weighted by Crippen LogP contribution is 2.30. The Morgan fingerprint density at radius 2 is 1.89 bits per heavy atom. The monoisotopic (exact) mass is 364 g/mol. The van der Waals surface area contributed by atoms with Crippen LogP contribution in [0.15, 0.2) is 30.5 Å². The van der Waals surface area contributed by atoms with Gasteiger partial charge in [0.05, 0.1) is 0 Å². The summed E-state index contributed by atoms with van der Waals surface area (Å²) in [5.74, 6) is 2.54. The van der Waals surface area contributed by atoms with E-state index in [2.05, 4.69) is 51.2 Å². The van der Waals surface area contributed by atoms with Gasteiger partial charge in [0.15, 0.2) is 5.82 Å². The van der Waals surface area contributed by atoms with Gasteiger partial charge in [0.2, 0.25) is 0 Å². The van der Waals surface area contributed by atoms with E-state index in [1.54, 1.807) is 0 Å². The highest BCUT2D eigenvalue weighted by molar-refractivity contribution is 5.55. The van der Waals surface area contributed by atoms with Gasteiger partial charge >= 0.3 is 0 Å². The summed E-state index contributed by atoms with van der Waals surface area (Å²) < 4.78 is 0. The molecule has 146 valence electrons. The second-order valence-corrected chi connectivity index (χ2v) is 8.53. The first kappa shape index (κ1) is 20.0. The van der Waals surface area contributed by atoms with Crippen LogP contribution in [0.2, 0.25) is 0 Å². The van der Waals surface area contributed by atoms with Gasteiger partial charge in [-0.15, -0.1) is 0 Å². The third-order valence-electron chi connectivity index (χ3n) is 6.22. The lowest BCUT2D eigenvalue weighted by Crippen LogP contribution is -2.18. The van der Waals surface area contributed by atoms with Crippen LogP contribution in [0.4, 0.5) is 0 Å². The maximum absolute atomic E-state index is 4.92. The van der Waals surface area contributed by atoms with E-state index in [-0.39, 0.29) is 0 Å². The molecule has 0 bridgehead atoms. The molecule has 0 saturated carbocycles. The van der Waals surface area contributed by atoms with Crippen molar-refractivity contribution in [2.45, 2.75) is 85.0 Å². The topological polar surface area (TPSA) is 25.8 Å². The summed E-state index contributed by atoms with van der Waals surface area (Å²) in [6.45, 7) is 6.94. The molecule has 0 N–H and O–H groups in total. The molecular formula is C25H36N2. The van der Waals surface area contributed by atoms with Crippen LogP contribution in [0.3, 0.4) is 0 Å². The van der Waals surface area contributed by atoms with E-state index in [4.69, 9.17) is 9.97 Å². The molecule has 27 heavy (non-hydrogen) atoms. The average Bonchev–Trinajstić information content (AvgIpc) is 2.71. The smallest absolute Gasteiger partial charge is 0.159 e. The number of aryl methyl sites for hydroxylation is 2. The van der Waals surface area contributed by atoms with Crippen LogP contribution in [0.5, 0.6) is 0 Å². The molecule has 1 aromatic carbocycles. The summed E-state index contributed by atoms with van der Waals surface area (Å²) in [6, 6.07) is 8.91. The van der Waals surface area contributed by atoms with Crippen LogP contribution in [0.25, 0.3) is 11.4 Å². The van der Waals surface area contributed by atoms with Gasteiger partial charge in [-0.1, -0.05) is 70.7 Å². The van der Waals surface area contributed by atoms with Crippen molar-refractivity contribution in [3.05, 3.63) is 47.3 Å². The molecule has 1 heterocycles. The third-order valence-corrected chi connectivity index (χ3v) is 6.22. The number of aromatic nitrogens is 2. The first-order valence-electron chi connectivity index (χ1n) is 11.1. The molecule has 2 aromatic rings. The maximum atomic E-state index is 4.92. The van der Waals surface area contributed by atoms with Crippen molar-refractivity contribution in [3.8, 4) is 11.4 Å². The van der Waals surface area contributed by atoms with Crippen molar-refractivity contribution in [1.82, 2.24) is 9.97 Å². The van der Waals surface area contributed by atoms with Crippen molar-refractivity contribution < 1.29 is 0 Å². The van der Waals surface area contributed by atoms with Gasteiger partial charge in [0, 0.05) is 17.5 Å². The minimum absolute atomic E-state index is 0.814. The van der Waals surface area contributed by atoms with Gasteiger partial charge in [-0.05, 0) is 61.5 Å². The molecule has 1 aromatic heterocycles. The average molecular weight is 365 g/mol. The van der Waals surface area contributed by atoms with Gasteiger partial charge < -0.3 is 0 Å². The number of nitrogens with zero attached hydrogens (tertiary/aromatic N) is 2. The predicted octanol–water partition coefficient (Wildman–Crippen LogP) is 6.81. The Hall–Kier alpha value is -1.70. The van der Waals surface area contributed by atoms with Crippen LogP contribution >= 0.6 is 0 Å². The quantitative estimate of drug-likeness (QED) is 0.457. The number of hydrogen-bond donors (Lipinski definition) is 0. The van der Waals surface area contributed by atoms with E-state index >= 15 is 0 Å². The zero-order valence-corrected chi connectivity index (χ0v) is 17.5. The first-order valence-corrected chi connectivity index (χ1v) is 11.1. The van der Waals surface area contributed by atoms with E-state index in [1.165, 1.54) is 68.2 Å². The highest BCUT2D eigenvalue weighted by Gasteiger charge is 2.22. The van der Waals surface area contributed by atoms with Crippen LogP contribution in [0.1, 0.15) is 82.5 Å². The zero-order valence-electron chi connectivity index (χ0n) is 17.5. The van der Waals surface area contributed by atoms with E-state index in [0.717, 1.165) is 36.1 Å². The zero-order chi connectivity index (χ0) is 19.1. The van der Waals surface area contributed by atoms with E-state index in [0.29, 0.717) is 0 Å². The summed E-state index contributed by atoms with van der Waals surface area (Å²) in [5, 5.41) is 0. The number of benzene rings is 1. The molecular weight excluding hydrogens is 328 g/mol. The fraction of sp³-hybridized carbons (Fsp3) is 0.600. The molecule has 0 fully saturated rings. The Bertz CT molecular complexity index is 705. The molecule has 1 aliphatic carbocycles. The number of fused-ring (bicyclic) bond motifs is 1. The normalized spacial score (nSPS) is 17.5. The second kappa shape index (κ2) is 10.0. The van der Waals surface area contributed by atoms with E-state index < -0.39 is 0 Å². The van der Waals surface area contributed by atoms with Crippen molar-refractivity contribution in [1.29, 1.82) is 0 Å². The van der Waals surface area contributed by atoms with Gasteiger partial charge in [-0.3, -0.25) is 0 Å². The molecule has 1 aliphatic rings. The molecule has 2 heteroatoms. The molecule has 2 nitrogen and oxygen atoms in total. The lowest BCUT2D eigenvalue weighted by molar-refractivity contribution is 0.346. The summed E-state index contributed by atoms with van der Waals surface area (Å²) in [5.41, 5.74) is 5.24. The molecule has 0 aliphatic heterocycles. The van der Waals surface area contributed by atoms with Crippen molar-refractivity contribution in [3.63, 3.8) is 0 Å². The first-order chi connectivity index (χ1) is 13.2. The third kappa shape index (κ3) is 5.64. The van der Waals surface area contributed by atoms with Crippen LogP contribution in [-0.4, -0.2) is 9.97 Å². The summed E-state index contributed by atoms with van der Waals surface area (Å²) in [7, 11) is 0. The highest BCUT2D eigenvalue weighted by atomic mass is 14.9. The van der Waals surface area contributed by atoms with Gasteiger partial charge in [0.25, 0.3) is 0 Å². The Balaban J connectivity index is 1.62. The Kier molecular flexibility index (Phi) is 7.43. The van der Waals surface area contributed by atoms with E-state index in [1.807, 2.05) is 0 Å². The number of rotatable bonds is 9. The predicted molar refractivity (Wildman–Crippen MR) is 115 cm³/mol. The summed E-state index contributed by atoms with van der Waals surface area (Å²) in [6.07, 6.45) is 14.7. The molecule has 0 amide bonds. The molecule has 2 atom stereocenters. The fourth-order valence-corrected chi connectivity index (χ4v) is 4.24.